The molecule has 2 fully saturated rings. The van der Waals surface area contributed by atoms with Gasteiger partial charge in [-0.2, -0.15) is 0 Å². The maximum Gasteiger partial charge on any atom is 0.328 e. The zero-order chi connectivity index (χ0) is 19.6. The molecule has 1 aliphatic carbocycles. The third-order valence-electron chi connectivity index (χ3n) is 5.79. The summed E-state index contributed by atoms with van der Waals surface area (Å²) >= 11 is 6.35. The highest BCUT2D eigenvalue weighted by Crippen LogP contribution is 2.35. The number of halogens is 1. The summed E-state index contributed by atoms with van der Waals surface area (Å²) in [6, 6.07) is 5.66. The summed E-state index contributed by atoms with van der Waals surface area (Å²) in [5, 5.41) is 19.4. The first kappa shape index (κ1) is 19.9. The van der Waals surface area contributed by atoms with Crippen LogP contribution in [0.3, 0.4) is 0 Å². The Balaban J connectivity index is 1.62. The van der Waals surface area contributed by atoms with Crippen LogP contribution in [0.25, 0.3) is 6.08 Å². The molecule has 2 aliphatic rings. The summed E-state index contributed by atoms with van der Waals surface area (Å²) < 4.78 is 0. The molecular formula is C21H26ClNO4. The third kappa shape index (κ3) is 4.90. The van der Waals surface area contributed by atoms with Crippen LogP contribution < -0.4 is 0 Å². The molecule has 1 saturated carbocycles. The van der Waals surface area contributed by atoms with Crippen molar-refractivity contribution in [1.82, 2.24) is 4.90 Å². The molecule has 0 radical (unpaired) electrons. The molecule has 0 aromatic heterocycles. The van der Waals surface area contributed by atoms with E-state index >= 15 is 0 Å². The third-order valence-corrected chi connectivity index (χ3v) is 6.14. The normalized spacial score (nSPS) is 28.9. The minimum atomic E-state index is -1.00. The van der Waals surface area contributed by atoms with Gasteiger partial charge in [-0.05, 0) is 68.7 Å². The average Bonchev–Trinajstić information content (AvgIpc) is 2.96. The predicted molar refractivity (Wildman–Crippen MR) is 105 cm³/mol. The molecule has 5 nitrogen and oxygen atoms in total. The largest absolute Gasteiger partial charge is 0.478 e. The molecule has 1 aromatic rings. The van der Waals surface area contributed by atoms with E-state index in [0.29, 0.717) is 11.4 Å². The highest BCUT2D eigenvalue weighted by atomic mass is 35.5. The standard InChI is InChI=1S/C21H26ClNO4/c1-21(27)9-6-17(7-10-21)23-11-8-16(20(23)26)13-15-4-2-14(12-18(15)22)3-5-19(24)25/h2-5,12,16-17,27H,6-11,13H2,1H3,(H,24,25). The Hall–Kier alpha value is -1.85. The van der Waals surface area contributed by atoms with Gasteiger partial charge in [-0.3, -0.25) is 4.79 Å². The molecule has 1 amide bonds. The molecule has 27 heavy (non-hydrogen) atoms. The molecule has 6 heteroatoms. The first-order valence-corrected chi connectivity index (χ1v) is 9.85. The molecule has 2 N–H and O–H groups in total. The molecular weight excluding hydrogens is 366 g/mol. The van der Waals surface area contributed by atoms with E-state index in [1.165, 1.54) is 6.08 Å². The highest BCUT2D eigenvalue weighted by Gasteiger charge is 2.39. The number of rotatable bonds is 5. The maximum atomic E-state index is 12.9. The number of hydrogen-bond donors (Lipinski definition) is 2. The Labute approximate surface area is 164 Å². The molecule has 1 aromatic carbocycles. The molecule has 1 unspecified atom stereocenters. The highest BCUT2D eigenvalue weighted by molar-refractivity contribution is 6.31. The summed E-state index contributed by atoms with van der Waals surface area (Å²) in [5.74, 6) is -0.881. The van der Waals surface area contributed by atoms with E-state index in [9.17, 15) is 14.7 Å². The van der Waals surface area contributed by atoms with Crippen molar-refractivity contribution in [3.63, 3.8) is 0 Å². The number of amides is 1. The first-order valence-electron chi connectivity index (χ1n) is 9.47. The lowest BCUT2D eigenvalue weighted by molar-refractivity contribution is -0.134. The van der Waals surface area contributed by atoms with E-state index < -0.39 is 11.6 Å². The Morgan fingerprint density at radius 1 is 1.33 bits per heavy atom. The van der Waals surface area contributed by atoms with Crippen molar-refractivity contribution in [1.29, 1.82) is 0 Å². The summed E-state index contributed by atoms with van der Waals surface area (Å²) in [5.41, 5.74) is 1.04. The minimum absolute atomic E-state index is 0.0645. The van der Waals surface area contributed by atoms with Crippen LogP contribution in [0.15, 0.2) is 24.3 Å². The van der Waals surface area contributed by atoms with Gasteiger partial charge in [0.05, 0.1) is 5.60 Å². The van der Waals surface area contributed by atoms with Crippen LogP contribution in [-0.4, -0.2) is 45.2 Å². The number of benzene rings is 1. The van der Waals surface area contributed by atoms with Gasteiger partial charge in [0.25, 0.3) is 0 Å². The first-order chi connectivity index (χ1) is 12.7. The molecule has 1 saturated heterocycles. The van der Waals surface area contributed by atoms with Crippen molar-refractivity contribution in [2.45, 2.75) is 57.1 Å². The number of aliphatic carboxylic acids is 1. The average molecular weight is 392 g/mol. The molecule has 0 spiro atoms. The van der Waals surface area contributed by atoms with Gasteiger partial charge in [0, 0.05) is 29.6 Å². The fraction of sp³-hybridized carbons (Fsp3) is 0.524. The van der Waals surface area contributed by atoms with Gasteiger partial charge in [0.1, 0.15) is 0 Å². The van der Waals surface area contributed by atoms with E-state index in [0.717, 1.165) is 55.9 Å². The Morgan fingerprint density at radius 2 is 2.04 bits per heavy atom. The van der Waals surface area contributed by atoms with Crippen molar-refractivity contribution in [2.75, 3.05) is 6.54 Å². The molecule has 1 aliphatic heterocycles. The van der Waals surface area contributed by atoms with Gasteiger partial charge in [-0.15, -0.1) is 0 Å². The maximum absolute atomic E-state index is 12.9. The van der Waals surface area contributed by atoms with Crippen molar-refractivity contribution in [2.24, 2.45) is 5.92 Å². The molecule has 0 bridgehead atoms. The van der Waals surface area contributed by atoms with Gasteiger partial charge in [0.15, 0.2) is 0 Å². The number of nitrogens with zero attached hydrogens (tertiary/aromatic N) is 1. The minimum Gasteiger partial charge on any atom is -0.478 e. The van der Waals surface area contributed by atoms with Crippen molar-refractivity contribution in [3.8, 4) is 0 Å². The van der Waals surface area contributed by atoms with E-state index in [4.69, 9.17) is 16.7 Å². The molecule has 3 rings (SSSR count). The Bertz CT molecular complexity index is 749. The lowest BCUT2D eigenvalue weighted by atomic mass is 9.83. The van der Waals surface area contributed by atoms with Gasteiger partial charge in [0.2, 0.25) is 5.91 Å². The summed E-state index contributed by atoms with van der Waals surface area (Å²) in [6.45, 7) is 2.64. The van der Waals surface area contributed by atoms with Crippen LogP contribution in [-0.2, 0) is 16.0 Å². The number of carbonyl (C=O) groups is 2. The number of carboxylic acid groups (broad SMARTS) is 1. The topological polar surface area (TPSA) is 77.8 Å². The van der Waals surface area contributed by atoms with E-state index in [1.807, 2.05) is 24.0 Å². The summed E-state index contributed by atoms with van der Waals surface area (Å²) in [7, 11) is 0. The summed E-state index contributed by atoms with van der Waals surface area (Å²) in [4.78, 5) is 25.5. The van der Waals surface area contributed by atoms with Crippen LogP contribution in [0.4, 0.5) is 0 Å². The quantitative estimate of drug-likeness (QED) is 0.753. The second-order valence-electron chi connectivity index (χ2n) is 7.97. The van der Waals surface area contributed by atoms with E-state index in [-0.39, 0.29) is 17.9 Å². The fourth-order valence-electron chi connectivity index (χ4n) is 4.12. The molecule has 1 atom stereocenters. The number of carbonyl (C=O) groups excluding carboxylic acids is 1. The van der Waals surface area contributed by atoms with Crippen molar-refractivity contribution >= 4 is 29.6 Å². The van der Waals surface area contributed by atoms with Crippen LogP contribution in [0.2, 0.25) is 5.02 Å². The van der Waals surface area contributed by atoms with Gasteiger partial charge < -0.3 is 15.1 Å². The molecule has 1 heterocycles. The van der Waals surface area contributed by atoms with Gasteiger partial charge in [-0.1, -0.05) is 23.7 Å². The SMILES string of the molecule is CC1(O)CCC(N2CCC(Cc3ccc(C=CC(=O)O)cc3Cl)C2=O)CC1. The zero-order valence-electron chi connectivity index (χ0n) is 15.5. The summed E-state index contributed by atoms with van der Waals surface area (Å²) in [6.07, 6.45) is 7.19. The number of aliphatic hydroxyl groups is 1. The number of likely N-dealkylation sites (tertiary alicyclic amines) is 1. The molecule has 146 valence electrons. The van der Waals surface area contributed by atoms with Crippen LogP contribution in [0.5, 0.6) is 0 Å². The fourth-order valence-corrected chi connectivity index (χ4v) is 4.38. The van der Waals surface area contributed by atoms with E-state index in [1.54, 1.807) is 6.07 Å². The lowest BCUT2D eigenvalue weighted by Crippen LogP contribution is -2.43. The number of carboxylic acids is 1. The smallest absolute Gasteiger partial charge is 0.328 e. The zero-order valence-corrected chi connectivity index (χ0v) is 16.3. The Morgan fingerprint density at radius 3 is 2.67 bits per heavy atom. The second kappa shape index (κ2) is 8.03. The second-order valence-corrected chi connectivity index (χ2v) is 8.38. The van der Waals surface area contributed by atoms with Crippen LogP contribution in [0.1, 0.15) is 50.2 Å². The van der Waals surface area contributed by atoms with Crippen LogP contribution in [0, 0.1) is 5.92 Å². The Kier molecular flexibility index (Phi) is 5.92. The monoisotopic (exact) mass is 391 g/mol. The lowest BCUT2D eigenvalue weighted by Gasteiger charge is -2.37. The predicted octanol–water partition coefficient (Wildman–Crippen LogP) is 3.52. The van der Waals surface area contributed by atoms with Gasteiger partial charge in [-0.25, -0.2) is 4.79 Å². The van der Waals surface area contributed by atoms with Crippen LogP contribution >= 0.6 is 11.6 Å². The van der Waals surface area contributed by atoms with E-state index in [2.05, 4.69) is 0 Å². The number of hydrogen-bond acceptors (Lipinski definition) is 3. The van der Waals surface area contributed by atoms with Gasteiger partial charge >= 0.3 is 5.97 Å². The van der Waals surface area contributed by atoms with Crippen molar-refractivity contribution in [3.05, 3.63) is 40.4 Å². The van der Waals surface area contributed by atoms with Crippen molar-refractivity contribution < 1.29 is 19.8 Å².